The standard InChI is InChI=1S/C17H28N4O3S/c1-3-4-10-24-15(22)13-14(18)25-17(20-13)21(16(23)19-2)11-12-8-6-5-7-9-12/h12H,3-11,18H2,1-2H3,(H,19,23). The maximum atomic E-state index is 12.3. The fraction of sp³-hybridized carbons (Fsp3) is 0.706. The Morgan fingerprint density at radius 2 is 2.08 bits per heavy atom. The molecule has 2 rings (SSSR count). The highest BCUT2D eigenvalue weighted by Crippen LogP contribution is 2.32. The monoisotopic (exact) mass is 368 g/mol. The number of carbonyl (C=O) groups excluding carboxylic acids is 2. The highest BCUT2D eigenvalue weighted by Gasteiger charge is 2.27. The first kappa shape index (κ1) is 19.5. The highest BCUT2D eigenvalue weighted by molar-refractivity contribution is 7.19. The van der Waals surface area contributed by atoms with Gasteiger partial charge in [0.2, 0.25) is 0 Å². The molecule has 0 bridgehead atoms. The summed E-state index contributed by atoms with van der Waals surface area (Å²) in [5.41, 5.74) is 6.06. The SMILES string of the molecule is CCCCOC(=O)c1nc(N(CC2CCCCC2)C(=O)NC)sc1N. The summed E-state index contributed by atoms with van der Waals surface area (Å²) >= 11 is 1.15. The van der Waals surface area contributed by atoms with E-state index in [1.54, 1.807) is 11.9 Å². The van der Waals surface area contributed by atoms with Crippen LogP contribution < -0.4 is 16.0 Å². The van der Waals surface area contributed by atoms with Crippen LogP contribution in [0, 0.1) is 5.92 Å². The first-order valence-corrected chi connectivity index (χ1v) is 9.81. The van der Waals surface area contributed by atoms with Gasteiger partial charge in [-0.3, -0.25) is 4.90 Å². The Hall–Kier alpha value is -1.83. The van der Waals surface area contributed by atoms with Crippen LogP contribution in [0.25, 0.3) is 0 Å². The number of thiazole rings is 1. The maximum absolute atomic E-state index is 12.3. The average molecular weight is 369 g/mol. The Morgan fingerprint density at radius 3 is 2.72 bits per heavy atom. The molecule has 1 aromatic rings. The Kier molecular flexibility index (Phi) is 7.49. The van der Waals surface area contributed by atoms with Gasteiger partial charge < -0.3 is 15.8 Å². The highest BCUT2D eigenvalue weighted by atomic mass is 32.1. The molecule has 0 radical (unpaired) electrons. The van der Waals surface area contributed by atoms with E-state index in [0.717, 1.165) is 37.0 Å². The number of nitrogens with zero attached hydrogens (tertiary/aromatic N) is 2. The number of ether oxygens (including phenoxy) is 1. The lowest BCUT2D eigenvalue weighted by Gasteiger charge is -2.27. The van der Waals surface area contributed by atoms with Gasteiger partial charge >= 0.3 is 12.0 Å². The molecule has 0 aliphatic heterocycles. The average Bonchev–Trinajstić information content (AvgIpc) is 3.01. The van der Waals surface area contributed by atoms with Crippen LogP contribution in [0.1, 0.15) is 62.4 Å². The molecule has 0 spiro atoms. The van der Waals surface area contributed by atoms with E-state index in [0.29, 0.717) is 24.2 Å². The van der Waals surface area contributed by atoms with Crippen molar-refractivity contribution in [2.45, 2.75) is 51.9 Å². The van der Waals surface area contributed by atoms with Crippen molar-refractivity contribution in [2.24, 2.45) is 5.92 Å². The molecular weight excluding hydrogens is 340 g/mol. The van der Waals surface area contributed by atoms with E-state index in [9.17, 15) is 9.59 Å². The van der Waals surface area contributed by atoms with E-state index in [-0.39, 0.29) is 16.7 Å². The molecule has 7 nitrogen and oxygen atoms in total. The molecule has 1 saturated carbocycles. The van der Waals surface area contributed by atoms with Crippen molar-refractivity contribution in [1.29, 1.82) is 0 Å². The molecule has 3 N–H and O–H groups in total. The van der Waals surface area contributed by atoms with Crippen LogP contribution in [0.4, 0.5) is 14.9 Å². The number of nitrogen functional groups attached to an aromatic ring is 1. The van der Waals surface area contributed by atoms with Gasteiger partial charge in [-0.1, -0.05) is 43.9 Å². The predicted octanol–water partition coefficient (Wildman–Crippen LogP) is 3.41. The minimum Gasteiger partial charge on any atom is -0.461 e. The van der Waals surface area contributed by atoms with Crippen molar-refractivity contribution >= 4 is 33.5 Å². The summed E-state index contributed by atoms with van der Waals surface area (Å²) in [6, 6.07) is -0.231. The number of hydrogen-bond acceptors (Lipinski definition) is 6. The van der Waals surface area contributed by atoms with E-state index in [1.165, 1.54) is 19.3 Å². The number of anilines is 2. The molecular formula is C17H28N4O3S. The number of aromatic nitrogens is 1. The third-order valence-corrected chi connectivity index (χ3v) is 5.33. The van der Waals surface area contributed by atoms with Gasteiger partial charge in [-0.05, 0) is 25.2 Å². The van der Waals surface area contributed by atoms with Crippen LogP contribution in [-0.2, 0) is 4.74 Å². The first-order chi connectivity index (χ1) is 12.1. The predicted molar refractivity (Wildman–Crippen MR) is 100 cm³/mol. The van der Waals surface area contributed by atoms with Crippen LogP contribution >= 0.6 is 11.3 Å². The summed E-state index contributed by atoms with van der Waals surface area (Å²) in [5.74, 6) is -0.0703. The van der Waals surface area contributed by atoms with E-state index < -0.39 is 5.97 Å². The molecule has 8 heteroatoms. The van der Waals surface area contributed by atoms with Crippen molar-refractivity contribution in [3.05, 3.63) is 5.69 Å². The third-order valence-electron chi connectivity index (χ3n) is 4.42. The second-order valence-electron chi connectivity index (χ2n) is 6.37. The van der Waals surface area contributed by atoms with Gasteiger partial charge in [0.25, 0.3) is 0 Å². The van der Waals surface area contributed by atoms with Gasteiger partial charge in [0.05, 0.1) is 6.61 Å². The first-order valence-electron chi connectivity index (χ1n) is 8.99. The number of unbranched alkanes of at least 4 members (excludes halogenated alkanes) is 1. The number of hydrogen-bond donors (Lipinski definition) is 2. The molecule has 0 unspecified atom stereocenters. The van der Waals surface area contributed by atoms with E-state index >= 15 is 0 Å². The summed E-state index contributed by atoms with van der Waals surface area (Å²) in [5, 5.41) is 3.38. The third kappa shape index (κ3) is 5.32. The van der Waals surface area contributed by atoms with Crippen LogP contribution in [-0.4, -0.2) is 37.2 Å². The largest absolute Gasteiger partial charge is 0.461 e. The smallest absolute Gasteiger partial charge is 0.360 e. The topological polar surface area (TPSA) is 97.5 Å². The molecule has 25 heavy (non-hydrogen) atoms. The van der Waals surface area contributed by atoms with E-state index in [2.05, 4.69) is 10.3 Å². The Labute approximate surface area is 152 Å². The lowest BCUT2D eigenvalue weighted by Crippen LogP contribution is -2.41. The number of amides is 2. The number of urea groups is 1. The number of nitrogens with one attached hydrogen (secondary N) is 1. The molecule has 1 heterocycles. The number of nitrogens with two attached hydrogens (primary N) is 1. The maximum Gasteiger partial charge on any atom is 0.360 e. The molecule has 1 aromatic heterocycles. The Balaban J connectivity index is 2.12. The Bertz CT molecular complexity index is 584. The normalized spacial score (nSPS) is 15.0. The zero-order valence-electron chi connectivity index (χ0n) is 15.0. The minimum absolute atomic E-state index is 0.105. The van der Waals surface area contributed by atoms with Crippen molar-refractivity contribution in [1.82, 2.24) is 10.3 Å². The number of esters is 1. The summed E-state index contributed by atoms with van der Waals surface area (Å²) < 4.78 is 5.19. The zero-order chi connectivity index (χ0) is 18.2. The molecule has 0 atom stereocenters. The summed E-state index contributed by atoms with van der Waals surface area (Å²) in [7, 11) is 1.59. The van der Waals surface area contributed by atoms with E-state index in [4.69, 9.17) is 10.5 Å². The van der Waals surface area contributed by atoms with Gasteiger partial charge in [0.1, 0.15) is 5.00 Å². The molecule has 2 amide bonds. The fourth-order valence-electron chi connectivity index (χ4n) is 2.97. The van der Waals surface area contributed by atoms with Gasteiger partial charge in [0.15, 0.2) is 10.8 Å². The lowest BCUT2D eigenvalue weighted by molar-refractivity contribution is 0.0495. The molecule has 1 fully saturated rings. The van der Waals surface area contributed by atoms with Gasteiger partial charge in [-0.25, -0.2) is 14.6 Å². The van der Waals surface area contributed by atoms with Crippen molar-refractivity contribution in [3.8, 4) is 0 Å². The lowest BCUT2D eigenvalue weighted by atomic mass is 9.89. The van der Waals surface area contributed by atoms with E-state index in [1.807, 2.05) is 6.92 Å². The number of rotatable bonds is 7. The molecule has 140 valence electrons. The molecule has 0 saturated heterocycles. The van der Waals surface area contributed by atoms with Crippen molar-refractivity contribution in [2.75, 3.05) is 30.8 Å². The Morgan fingerprint density at radius 1 is 1.36 bits per heavy atom. The minimum atomic E-state index is -0.525. The summed E-state index contributed by atoms with van der Waals surface area (Å²) in [4.78, 5) is 30.3. The molecule has 0 aromatic carbocycles. The second kappa shape index (κ2) is 9.60. The van der Waals surface area contributed by atoms with Crippen molar-refractivity contribution in [3.63, 3.8) is 0 Å². The van der Waals surface area contributed by atoms with Gasteiger partial charge in [0, 0.05) is 13.6 Å². The van der Waals surface area contributed by atoms with Gasteiger partial charge in [-0.2, -0.15) is 0 Å². The van der Waals surface area contributed by atoms with Crippen LogP contribution in [0.2, 0.25) is 0 Å². The fourth-order valence-corrected chi connectivity index (χ4v) is 3.80. The van der Waals surface area contributed by atoms with Crippen LogP contribution in [0.5, 0.6) is 0 Å². The van der Waals surface area contributed by atoms with Crippen LogP contribution in [0.15, 0.2) is 0 Å². The molecule has 1 aliphatic carbocycles. The van der Waals surface area contributed by atoms with Crippen molar-refractivity contribution < 1.29 is 14.3 Å². The molecule has 1 aliphatic rings. The quantitative estimate of drug-likeness (QED) is 0.568. The van der Waals surface area contributed by atoms with Crippen LogP contribution in [0.3, 0.4) is 0 Å². The summed E-state index contributed by atoms with van der Waals surface area (Å²) in [6.45, 7) is 2.97. The summed E-state index contributed by atoms with van der Waals surface area (Å²) in [6.07, 6.45) is 7.61. The zero-order valence-corrected chi connectivity index (χ0v) is 15.9. The number of carbonyl (C=O) groups is 2. The second-order valence-corrected chi connectivity index (χ2v) is 7.38. The van der Waals surface area contributed by atoms with Gasteiger partial charge in [-0.15, -0.1) is 0 Å².